The van der Waals surface area contributed by atoms with E-state index in [9.17, 15) is 14.4 Å². The molecule has 0 radical (unpaired) electrons. The van der Waals surface area contributed by atoms with Crippen molar-refractivity contribution < 1.29 is 33.3 Å². The van der Waals surface area contributed by atoms with Crippen molar-refractivity contribution in [1.82, 2.24) is 9.80 Å². The first-order valence-corrected chi connectivity index (χ1v) is 16.7. The molecule has 2 amide bonds. The van der Waals surface area contributed by atoms with Gasteiger partial charge < -0.3 is 29.6 Å². The molecule has 0 aliphatic carbocycles. The Morgan fingerprint density at radius 3 is 2.17 bits per heavy atom. The van der Waals surface area contributed by atoms with E-state index in [1.807, 2.05) is 42.5 Å². The van der Waals surface area contributed by atoms with E-state index in [-0.39, 0.29) is 47.3 Å². The SMILES string of the molecule is CCOC(=O)Oc1c(OC)cc(C(=O)N2CCC(c3ccc(Cl)c(Cl)c3)(C3CC(C(N)=O)(c4ccccc4)CCN3CC)C2)cc1OC. The van der Waals surface area contributed by atoms with Gasteiger partial charge in [0.1, 0.15) is 0 Å². The third-order valence-electron chi connectivity index (χ3n) is 9.89. The summed E-state index contributed by atoms with van der Waals surface area (Å²) in [4.78, 5) is 44.0. The number of hydrogen-bond acceptors (Lipinski definition) is 8. The first-order chi connectivity index (χ1) is 23.0. The quantitative estimate of drug-likeness (QED) is 0.195. The van der Waals surface area contributed by atoms with Crippen LogP contribution in [0.25, 0.3) is 0 Å². The number of hydrogen-bond donors (Lipinski definition) is 1. The number of nitrogens with two attached hydrogens (primary N) is 1. The van der Waals surface area contributed by atoms with Gasteiger partial charge in [0.2, 0.25) is 11.7 Å². The smallest absolute Gasteiger partial charge is 0.493 e. The van der Waals surface area contributed by atoms with Crippen LogP contribution in [0, 0.1) is 0 Å². The first kappa shape index (κ1) is 35.3. The van der Waals surface area contributed by atoms with Crippen LogP contribution in [0.3, 0.4) is 0 Å². The van der Waals surface area contributed by atoms with Crippen LogP contribution in [0.1, 0.15) is 54.6 Å². The zero-order valence-corrected chi connectivity index (χ0v) is 29.1. The monoisotopic (exact) mass is 697 g/mol. The number of benzene rings is 3. The molecule has 2 saturated heterocycles. The van der Waals surface area contributed by atoms with Crippen LogP contribution in [0.5, 0.6) is 17.2 Å². The van der Waals surface area contributed by atoms with E-state index < -0.39 is 17.0 Å². The molecule has 2 aliphatic heterocycles. The number of primary amides is 1. The lowest BCUT2D eigenvalue weighted by atomic mass is 9.61. The minimum Gasteiger partial charge on any atom is -0.493 e. The molecule has 0 saturated carbocycles. The second-order valence-electron chi connectivity index (χ2n) is 12.2. The van der Waals surface area contributed by atoms with Crippen LogP contribution < -0.4 is 19.9 Å². The van der Waals surface area contributed by atoms with E-state index in [1.54, 1.807) is 17.9 Å². The number of nitrogens with zero attached hydrogens (tertiary/aromatic N) is 2. The fourth-order valence-electron chi connectivity index (χ4n) is 7.39. The van der Waals surface area contributed by atoms with Gasteiger partial charge in [-0.3, -0.25) is 14.5 Å². The van der Waals surface area contributed by atoms with Crippen molar-refractivity contribution in [2.24, 2.45) is 5.73 Å². The molecule has 3 aromatic carbocycles. The molecule has 0 aromatic heterocycles. The second kappa shape index (κ2) is 14.6. The maximum Gasteiger partial charge on any atom is 0.514 e. The summed E-state index contributed by atoms with van der Waals surface area (Å²) in [5, 5.41) is 0.839. The molecule has 12 heteroatoms. The Morgan fingerprint density at radius 2 is 1.58 bits per heavy atom. The predicted molar refractivity (Wildman–Crippen MR) is 183 cm³/mol. The number of carbonyl (C=O) groups excluding carboxylic acids is 3. The third kappa shape index (κ3) is 6.53. The van der Waals surface area contributed by atoms with Crippen molar-refractivity contribution in [2.45, 2.75) is 50.0 Å². The van der Waals surface area contributed by atoms with Crippen molar-refractivity contribution in [3.8, 4) is 17.2 Å². The number of amides is 2. The highest BCUT2D eigenvalue weighted by molar-refractivity contribution is 6.42. The Morgan fingerprint density at radius 1 is 0.896 bits per heavy atom. The lowest BCUT2D eigenvalue weighted by molar-refractivity contribution is -0.127. The molecule has 0 bridgehead atoms. The molecule has 10 nitrogen and oxygen atoms in total. The number of likely N-dealkylation sites (tertiary alicyclic amines) is 2. The fraction of sp³-hybridized carbons (Fsp3) is 0.417. The fourth-order valence-corrected chi connectivity index (χ4v) is 7.69. The van der Waals surface area contributed by atoms with Gasteiger partial charge in [-0.1, -0.05) is 66.5 Å². The minimum absolute atomic E-state index is 0.00562. The van der Waals surface area contributed by atoms with Gasteiger partial charge in [0.25, 0.3) is 5.91 Å². The van der Waals surface area contributed by atoms with Crippen molar-refractivity contribution in [3.63, 3.8) is 0 Å². The van der Waals surface area contributed by atoms with Crippen LogP contribution in [0.4, 0.5) is 4.79 Å². The number of methoxy groups -OCH3 is 2. The summed E-state index contributed by atoms with van der Waals surface area (Å²) in [5.41, 5.74) is 6.83. The summed E-state index contributed by atoms with van der Waals surface area (Å²) >= 11 is 13.0. The number of rotatable bonds is 10. The van der Waals surface area contributed by atoms with Crippen molar-refractivity contribution in [1.29, 1.82) is 0 Å². The number of carbonyl (C=O) groups is 3. The molecule has 3 unspecified atom stereocenters. The Bertz CT molecular complexity index is 1650. The van der Waals surface area contributed by atoms with Crippen molar-refractivity contribution in [2.75, 3.05) is 47.0 Å². The first-order valence-electron chi connectivity index (χ1n) is 16.0. The highest BCUT2D eigenvalue weighted by atomic mass is 35.5. The standard InChI is InChI=1S/C36H41Cl2N3O7/c1-5-40-16-14-35(33(39)43,24-10-8-7-9-11-24)21-30(40)36(25-12-13-26(37)27(38)20-25)15-17-41(22-36)32(42)23-18-28(45-3)31(29(19-23)46-4)48-34(44)47-6-2/h7-13,18-20,30H,5-6,14-17,21-22H2,1-4H3,(H2,39,43). The maximum absolute atomic E-state index is 14.3. The van der Waals surface area contributed by atoms with Gasteiger partial charge in [-0.15, -0.1) is 0 Å². The normalized spacial score (nSPS) is 22.6. The van der Waals surface area contributed by atoms with Crippen LogP contribution in [0.2, 0.25) is 10.0 Å². The van der Waals surface area contributed by atoms with E-state index >= 15 is 0 Å². The molecule has 5 rings (SSSR count). The summed E-state index contributed by atoms with van der Waals surface area (Å²) < 4.78 is 21.3. The van der Waals surface area contributed by atoms with Crippen LogP contribution in [0.15, 0.2) is 60.7 Å². The number of halogens is 2. The van der Waals surface area contributed by atoms with Crippen LogP contribution in [-0.4, -0.2) is 80.8 Å². The zero-order valence-electron chi connectivity index (χ0n) is 27.6. The average molecular weight is 699 g/mol. The van der Waals surface area contributed by atoms with Gasteiger partial charge in [0.05, 0.1) is 36.3 Å². The van der Waals surface area contributed by atoms with Gasteiger partial charge in [-0.25, -0.2) is 4.79 Å². The summed E-state index contributed by atoms with van der Waals surface area (Å²) in [6, 6.07) is 18.2. The summed E-state index contributed by atoms with van der Waals surface area (Å²) in [6.07, 6.45) is 0.718. The maximum atomic E-state index is 14.3. The Hall–Kier alpha value is -3.99. The molecule has 256 valence electrons. The second-order valence-corrected chi connectivity index (χ2v) is 13.0. The van der Waals surface area contributed by atoms with Gasteiger partial charge in [0, 0.05) is 30.1 Å². The van der Waals surface area contributed by atoms with Crippen LogP contribution in [-0.2, 0) is 20.4 Å². The van der Waals surface area contributed by atoms with E-state index in [0.29, 0.717) is 48.9 Å². The third-order valence-corrected chi connectivity index (χ3v) is 10.6. The van der Waals surface area contributed by atoms with Gasteiger partial charge in [-0.2, -0.15) is 0 Å². The van der Waals surface area contributed by atoms with Crippen molar-refractivity contribution >= 4 is 41.2 Å². The molecule has 2 aliphatic rings. The van der Waals surface area contributed by atoms with E-state index in [0.717, 1.165) is 17.7 Å². The molecule has 2 heterocycles. The Balaban J connectivity index is 1.57. The summed E-state index contributed by atoms with van der Waals surface area (Å²) in [7, 11) is 2.82. The molecule has 48 heavy (non-hydrogen) atoms. The Kier molecular flexibility index (Phi) is 10.8. The highest BCUT2D eigenvalue weighted by Gasteiger charge is 2.55. The molecule has 0 spiro atoms. The average Bonchev–Trinajstić information content (AvgIpc) is 3.55. The number of likely N-dealkylation sites (N-methyl/N-ethyl adjacent to an activating group) is 1. The molecular formula is C36H41Cl2N3O7. The Labute approximate surface area is 291 Å². The van der Waals surface area contributed by atoms with E-state index in [1.165, 1.54) is 26.4 Å². The number of piperidine rings is 1. The number of ether oxygens (including phenoxy) is 4. The van der Waals surface area contributed by atoms with Gasteiger partial charge in [-0.05, 0) is 74.7 Å². The molecular weight excluding hydrogens is 657 g/mol. The van der Waals surface area contributed by atoms with Gasteiger partial charge in [0.15, 0.2) is 11.5 Å². The topological polar surface area (TPSA) is 121 Å². The predicted octanol–water partition coefficient (Wildman–Crippen LogP) is 6.24. The zero-order chi connectivity index (χ0) is 34.6. The van der Waals surface area contributed by atoms with E-state index in [4.69, 9.17) is 47.9 Å². The van der Waals surface area contributed by atoms with Gasteiger partial charge >= 0.3 is 6.16 Å². The lowest BCUT2D eigenvalue weighted by Gasteiger charge is -2.52. The van der Waals surface area contributed by atoms with Crippen molar-refractivity contribution in [3.05, 3.63) is 87.4 Å². The highest BCUT2D eigenvalue weighted by Crippen LogP contribution is 2.50. The molecule has 2 N–H and O–H groups in total. The van der Waals surface area contributed by atoms with E-state index in [2.05, 4.69) is 11.8 Å². The summed E-state index contributed by atoms with van der Waals surface area (Å²) in [5.74, 6) is -0.349. The van der Waals surface area contributed by atoms with Crippen LogP contribution >= 0.6 is 23.2 Å². The lowest BCUT2D eigenvalue weighted by Crippen LogP contribution is -2.61. The minimum atomic E-state index is -0.922. The molecule has 3 atom stereocenters. The summed E-state index contributed by atoms with van der Waals surface area (Å²) in [6.45, 7) is 6.03. The molecule has 2 fully saturated rings. The largest absolute Gasteiger partial charge is 0.514 e. The molecule has 3 aromatic rings.